The van der Waals surface area contributed by atoms with E-state index in [0.717, 1.165) is 12.8 Å². The highest BCUT2D eigenvalue weighted by Gasteiger charge is 2.37. The van der Waals surface area contributed by atoms with Crippen LogP contribution in [-0.4, -0.2) is 16.0 Å². The molecule has 1 aromatic heterocycles. The van der Waals surface area contributed by atoms with E-state index in [1.54, 1.807) is 7.05 Å². The monoisotopic (exact) mass is 323 g/mol. The van der Waals surface area contributed by atoms with Crippen molar-refractivity contribution in [3.8, 4) is 6.07 Å². The average Bonchev–Trinajstić information content (AvgIpc) is 2.58. The molecule has 1 amide bonds. The van der Waals surface area contributed by atoms with Crippen molar-refractivity contribution in [2.45, 2.75) is 38.1 Å². The molecule has 1 aliphatic carbocycles. The summed E-state index contributed by atoms with van der Waals surface area (Å²) in [5, 5.41) is 13.3. The molecule has 1 heterocycles. The number of rotatable bonds is 2. The Morgan fingerprint density at radius 2 is 2.17 bits per heavy atom. The van der Waals surface area contributed by atoms with Crippen molar-refractivity contribution in [1.29, 1.82) is 5.26 Å². The number of hydrogen-bond donors (Lipinski definition) is 1. The predicted molar refractivity (Wildman–Crippen MR) is 92.6 cm³/mol. The number of carbonyl (C=O) groups excluding carboxylic acids is 1. The molecule has 2 unspecified atom stereocenters. The standard InChI is InChI=1S/C19H21N3O2/c1-13-6-5-9-19(11-13,12-20)21-18(24)15-10-17(23)22(2)16-8-4-3-7-14(15)16/h3-4,7-8,10,13H,5-6,9,11H2,1-2H3,(H,21,24). The fraction of sp³-hybridized carbons (Fsp3) is 0.421. The molecular weight excluding hydrogens is 302 g/mol. The van der Waals surface area contributed by atoms with Crippen molar-refractivity contribution in [3.63, 3.8) is 0 Å². The molecule has 1 aromatic carbocycles. The van der Waals surface area contributed by atoms with Crippen molar-refractivity contribution in [2.75, 3.05) is 0 Å². The summed E-state index contributed by atoms with van der Waals surface area (Å²) >= 11 is 0. The van der Waals surface area contributed by atoms with Gasteiger partial charge in [-0.1, -0.05) is 31.5 Å². The normalized spacial score (nSPS) is 23.6. The lowest BCUT2D eigenvalue weighted by Gasteiger charge is -2.35. The molecule has 1 fully saturated rings. The second-order valence-electron chi connectivity index (χ2n) is 6.82. The number of fused-ring (bicyclic) bond motifs is 1. The van der Waals surface area contributed by atoms with Gasteiger partial charge < -0.3 is 9.88 Å². The first-order valence-corrected chi connectivity index (χ1v) is 8.28. The summed E-state index contributed by atoms with van der Waals surface area (Å²) in [5.74, 6) is 0.0543. The molecule has 0 aliphatic heterocycles. The third-order valence-corrected chi connectivity index (χ3v) is 4.96. The maximum atomic E-state index is 12.9. The Hall–Kier alpha value is -2.61. The molecule has 0 saturated heterocycles. The van der Waals surface area contributed by atoms with E-state index in [-0.39, 0.29) is 11.5 Å². The van der Waals surface area contributed by atoms with Crippen molar-refractivity contribution in [3.05, 3.63) is 46.2 Å². The third kappa shape index (κ3) is 2.80. The van der Waals surface area contributed by atoms with E-state index in [4.69, 9.17) is 0 Å². The molecule has 3 rings (SSSR count). The summed E-state index contributed by atoms with van der Waals surface area (Å²) in [4.78, 5) is 25.0. The number of benzene rings is 1. The molecule has 2 aromatic rings. The fourth-order valence-electron chi connectivity index (χ4n) is 3.68. The first-order chi connectivity index (χ1) is 11.5. The molecule has 24 heavy (non-hydrogen) atoms. The molecule has 1 saturated carbocycles. The third-order valence-electron chi connectivity index (χ3n) is 4.96. The van der Waals surface area contributed by atoms with E-state index in [2.05, 4.69) is 18.3 Å². The molecule has 5 nitrogen and oxygen atoms in total. The maximum Gasteiger partial charge on any atom is 0.253 e. The minimum absolute atomic E-state index is 0.234. The highest BCUT2D eigenvalue weighted by molar-refractivity contribution is 6.06. The van der Waals surface area contributed by atoms with Gasteiger partial charge in [-0.15, -0.1) is 0 Å². The van der Waals surface area contributed by atoms with Crippen LogP contribution in [0.5, 0.6) is 0 Å². The number of nitrogens with one attached hydrogen (secondary N) is 1. The van der Waals surface area contributed by atoms with Crippen LogP contribution in [0.2, 0.25) is 0 Å². The maximum absolute atomic E-state index is 12.9. The Morgan fingerprint density at radius 3 is 2.88 bits per heavy atom. The van der Waals surface area contributed by atoms with E-state index >= 15 is 0 Å². The Bertz CT molecular complexity index is 894. The number of carbonyl (C=O) groups is 1. The molecule has 124 valence electrons. The van der Waals surface area contributed by atoms with Crippen LogP contribution in [0.25, 0.3) is 10.9 Å². The number of pyridine rings is 1. The zero-order valence-corrected chi connectivity index (χ0v) is 14.0. The van der Waals surface area contributed by atoms with Crippen LogP contribution in [0.3, 0.4) is 0 Å². The lowest BCUT2D eigenvalue weighted by Crippen LogP contribution is -2.50. The molecule has 0 spiro atoms. The predicted octanol–water partition coefficient (Wildman–Crippen LogP) is 2.74. The Kier molecular flexibility index (Phi) is 4.15. The van der Waals surface area contributed by atoms with Gasteiger partial charge in [-0.2, -0.15) is 5.26 Å². The summed E-state index contributed by atoms with van der Waals surface area (Å²) in [7, 11) is 1.69. The summed E-state index contributed by atoms with van der Waals surface area (Å²) in [5.41, 5.74) is -0.0293. The van der Waals surface area contributed by atoms with E-state index < -0.39 is 5.54 Å². The molecule has 1 aliphatic rings. The zero-order chi connectivity index (χ0) is 17.3. The van der Waals surface area contributed by atoms with Gasteiger partial charge in [0.05, 0.1) is 17.1 Å². The van der Waals surface area contributed by atoms with Crippen molar-refractivity contribution in [1.82, 2.24) is 9.88 Å². The van der Waals surface area contributed by atoms with Crippen molar-refractivity contribution >= 4 is 16.8 Å². The van der Waals surface area contributed by atoms with E-state index in [1.807, 2.05) is 24.3 Å². The zero-order valence-electron chi connectivity index (χ0n) is 14.0. The summed E-state index contributed by atoms with van der Waals surface area (Å²) < 4.78 is 1.52. The van der Waals surface area contributed by atoms with Gasteiger partial charge in [0.2, 0.25) is 0 Å². The van der Waals surface area contributed by atoms with Gasteiger partial charge in [-0.05, 0) is 31.2 Å². The smallest absolute Gasteiger partial charge is 0.253 e. The van der Waals surface area contributed by atoms with Crippen molar-refractivity contribution in [2.24, 2.45) is 13.0 Å². The molecule has 0 bridgehead atoms. The number of hydrogen-bond acceptors (Lipinski definition) is 3. The highest BCUT2D eigenvalue weighted by Crippen LogP contribution is 2.32. The lowest BCUT2D eigenvalue weighted by atomic mass is 9.77. The Balaban J connectivity index is 2.02. The lowest BCUT2D eigenvalue weighted by molar-refractivity contribution is 0.0892. The van der Waals surface area contributed by atoms with Crippen molar-refractivity contribution < 1.29 is 4.79 Å². The number of aromatic nitrogens is 1. The van der Waals surface area contributed by atoms with Crippen LogP contribution in [-0.2, 0) is 7.05 Å². The van der Waals surface area contributed by atoms with Gasteiger partial charge in [0.1, 0.15) is 5.54 Å². The van der Waals surface area contributed by atoms with Gasteiger partial charge in [-0.3, -0.25) is 9.59 Å². The molecule has 5 heteroatoms. The minimum Gasteiger partial charge on any atom is -0.334 e. The first-order valence-electron chi connectivity index (χ1n) is 8.28. The van der Waals surface area contributed by atoms with Gasteiger partial charge in [0.25, 0.3) is 11.5 Å². The largest absolute Gasteiger partial charge is 0.334 e. The van der Waals surface area contributed by atoms with E-state index in [1.165, 1.54) is 10.6 Å². The van der Waals surface area contributed by atoms with E-state index in [9.17, 15) is 14.9 Å². The van der Waals surface area contributed by atoms with Gasteiger partial charge in [0.15, 0.2) is 0 Å². The fourth-order valence-corrected chi connectivity index (χ4v) is 3.68. The molecule has 0 radical (unpaired) electrons. The number of amides is 1. The van der Waals surface area contributed by atoms with Gasteiger partial charge in [-0.25, -0.2) is 0 Å². The average molecular weight is 323 g/mol. The highest BCUT2D eigenvalue weighted by atomic mass is 16.2. The van der Waals surface area contributed by atoms with Crippen LogP contribution in [0.15, 0.2) is 35.1 Å². The van der Waals surface area contributed by atoms with E-state index in [0.29, 0.717) is 35.2 Å². The van der Waals surface area contributed by atoms with Gasteiger partial charge in [0, 0.05) is 18.5 Å². The molecule has 1 N–H and O–H groups in total. The minimum atomic E-state index is -0.836. The number of nitrogens with zero attached hydrogens (tertiary/aromatic N) is 2. The van der Waals surface area contributed by atoms with Crippen LogP contribution in [0.1, 0.15) is 43.0 Å². The number of nitriles is 1. The first kappa shape index (κ1) is 16.3. The summed E-state index contributed by atoms with van der Waals surface area (Å²) in [6, 6.07) is 11.0. The summed E-state index contributed by atoms with van der Waals surface area (Å²) in [6.45, 7) is 2.10. The Morgan fingerprint density at radius 1 is 1.42 bits per heavy atom. The second kappa shape index (κ2) is 6.12. The SMILES string of the molecule is CC1CCCC(C#N)(NC(=O)c2cc(=O)n(C)c3ccccc23)C1. The quantitative estimate of drug-likeness (QED) is 0.923. The van der Waals surface area contributed by atoms with Crippen LogP contribution >= 0.6 is 0 Å². The van der Waals surface area contributed by atoms with Crippen LogP contribution < -0.4 is 10.9 Å². The topological polar surface area (TPSA) is 74.9 Å². The Labute approximate surface area is 140 Å². The molecular formula is C19H21N3O2. The number of para-hydroxylation sites is 1. The second-order valence-corrected chi connectivity index (χ2v) is 6.82. The number of aryl methyl sites for hydroxylation is 1. The molecule has 2 atom stereocenters. The van der Waals surface area contributed by atoms with Crippen LogP contribution in [0.4, 0.5) is 0 Å². The summed E-state index contributed by atoms with van der Waals surface area (Å²) in [6.07, 6.45) is 3.31. The van der Waals surface area contributed by atoms with Gasteiger partial charge >= 0.3 is 0 Å². The van der Waals surface area contributed by atoms with Crippen LogP contribution in [0, 0.1) is 17.2 Å².